The second-order valence-electron chi connectivity index (χ2n) is 4.38. The van der Waals surface area contributed by atoms with Crippen LogP contribution in [-0.4, -0.2) is 19.1 Å². The van der Waals surface area contributed by atoms with Gasteiger partial charge in [0.15, 0.2) is 6.61 Å². The van der Waals surface area contributed by atoms with E-state index in [-0.39, 0.29) is 6.07 Å². The molecule has 0 bridgehead atoms. The molecular formula is C13H13F6NO2. The molecule has 1 rings (SSSR count). The average Bonchev–Trinajstić information content (AvgIpc) is 2.40. The molecule has 0 saturated carbocycles. The van der Waals surface area contributed by atoms with E-state index in [1.165, 1.54) is 0 Å². The van der Waals surface area contributed by atoms with Gasteiger partial charge in [-0.1, -0.05) is 6.92 Å². The van der Waals surface area contributed by atoms with Gasteiger partial charge in [-0.15, -0.1) is 0 Å². The van der Waals surface area contributed by atoms with Gasteiger partial charge in [-0.25, -0.2) is 0 Å². The molecule has 0 atom stereocenters. The summed E-state index contributed by atoms with van der Waals surface area (Å²) >= 11 is 0. The summed E-state index contributed by atoms with van der Waals surface area (Å²) in [7, 11) is 0. The lowest BCUT2D eigenvalue weighted by atomic mass is 10.1. The molecule has 0 spiro atoms. The third kappa shape index (κ3) is 5.45. The Morgan fingerprint density at radius 2 is 1.55 bits per heavy atom. The van der Waals surface area contributed by atoms with Crippen LogP contribution in [0, 0.1) is 0 Å². The number of halogens is 6. The van der Waals surface area contributed by atoms with Crippen LogP contribution in [0.15, 0.2) is 18.2 Å². The zero-order chi connectivity index (χ0) is 17.0. The number of alkyl halides is 6. The van der Waals surface area contributed by atoms with Crippen molar-refractivity contribution in [3.05, 3.63) is 29.3 Å². The van der Waals surface area contributed by atoms with Gasteiger partial charge < -0.3 is 10.1 Å². The van der Waals surface area contributed by atoms with Gasteiger partial charge in [0, 0.05) is 6.54 Å². The van der Waals surface area contributed by atoms with E-state index in [1.54, 1.807) is 6.92 Å². The molecule has 0 aromatic heterocycles. The van der Waals surface area contributed by atoms with Gasteiger partial charge in [-0.05, 0) is 24.6 Å². The van der Waals surface area contributed by atoms with Gasteiger partial charge in [0.1, 0.15) is 5.75 Å². The SMILES string of the molecule is CCCNC(=O)COc1cc(C(F)(F)F)cc(C(F)(F)F)c1. The summed E-state index contributed by atoms with van der Waals surface area (Å²) in [6, 6.07) is 0.828. The van der Waals surface area contributed by atoms with Crippen LogP contribution >= 0.6 is 0 Å². The van der Waals surface area contributed by atoms with Crippen LogP contribution < -0.4 is 10.1 Å². The number of hydrogen-bond acceptors (Lipinski definition) is 2. The second-order valence-corrected chi connectivity index (χ2v) is 4.38. The van der Waals surface area contributed by atoms with Crippen molar-refractivity contribution in [2.45, 2.75) is 25.7 Å². The first-order chi connectivity index (χ1) is 10.0. The highest BCUT2D eigenvalue weighted by Gasteiger charge is 2.37. The van der Waals surface area contributed by atoms with Crippen LogP contribution in [0.2, 0.25) is 0 Å². The number of hydrogen-bond donors (Lipinski definition) is 1. The van der Waals surface area contributed by atoms with E-state index in [9.17, 15) is 31.1 Å². The molecule has 9 heteroatoms. The Morgan fingerprint density at radius 1 is 1.05 bits per heavy atom. The maximum Gasteiger partial charge on any atom is 0.416 e. The summed E-state index contributed by atoms with van der Waals surface area (Å²) in [6.45, 7) is 1.45. The first-order valence-electron chi connectivity index (χ1n) is 6.23. The maximum absolute atomic E-state index is 12.6. The molecule has 0 unspecified atom stereocenters. The molecule has 0 radical (unpaired) electrons. The Kier molecular flexibility index (Phi) is 5.67. The number of nitrogens with one attached hydrogen (secondary N) is 1. The minimum atomic E-state index is -4.95. The minimum Gasteiger partial charge on any atom is -0.484 e. The first-order valence-corrected chi connectivity index (χ1v) is 6.23. The smallest absolute Gasteiger partial charge is 0.416 e. The number of benzene rings is 1. The predicted molar refractivity (Wildman–Crippen MR) is 65.2 cm³/mol. The van der Waals surface area contributed by atoms with Crippen LogP contribution in [0.25, 0.3) is 0 Å². The Bertz CT molecular complexity index is 492. The molecule has 0 fully saturated rings. The number of carbonyl (C=O) groups excluding carboxylic acids is 1. The van der Waals surface area contributed by atoms with E-state index in [4.69, 9.17) is 4.74 Å². The van der Waals surface area contributed by atoms with Gasteiger partial charge in [0.05, 0.1) is 11.1 Å². The monoisotopic (exact) mass is 329 g/mol. The van der Waals surface area contributed by atoms with Gasteiger partial charge in [0.25, 0.3) is 5.91 Å². The summed E-state index contributed by atoms with van der Waals surface area (Å²) in [6.07, 6.45) is -9.28. The summed E-state index contributed by atoms with van der Waals surface area (Å²) in [4.78, 5) is 11.3. The molecule has 0 saturated heterocycles. The van der Waals surface area contributed by atoms with E-state index in [2.05, 4.69) is 5.32 Å². The lowest BCUT2D eigenvalue weighted by molar-refractivity contribution is -0.143. The quantitative estimate of drug-likeness (QED) is 0.838. The van der Waals surface area contributed by atoms with Crippen molar-refractivity contribution >= 4 is 5.91 Å². The van der Waals surface area contributed by atoms with E-state index in [1.807, 2.05) is 0 Å². The number of amides is 1. The lowest BCUT2D eigenvalue weighted by Gasteiger charge is -2.14. The van der Waals surface area contributed by atoms with Crippen molar-refractivity contribution in [3.63, 3.8) is 0 Å². The Morgan fingerprint density at radius 3 is 1.95 bits per heavy atom. The molecule has 1 N–H and O–H groups in total. The van der Waals surface area contributed by atoms with Gasteiger partial charge in [-0.2, -0.15) is 26.3 Å². The molecule has 0 aliphatic rings. The zero-order valence-electron chi connectivity index (χ0n) is 11.4. The number of carbonyl (C=O) groups is 1. The zero-order valence-corrected chi connectivity index (χ0v) is 11.4. The Balaban J connectivity index is 2.96. The summed E-state index contributed by atoms with van der Waals surface area (Å²) in [5.74, 6) is -1.30. The van der Waals surface area contributed by atoms with Gasteiger partial charge >= 0.3 is 12.4 Å². The van der Waals surface area contributed by atoms with E-state index in [0.29, 0.717) is 25.1 Å². The molecule has 124 valence electrons. The summed E-state index contributed by atoms with van der Waals surface area (Å²) < 4.78 is 80.3. The molecule has 3 nitrogen and oxygen atoms in total. The third-order valence-electron chi connectivity index (χ3n) is 2.50. The predicted octanol–water partition coefficient (Wildman–Crippen LogP) is 3.63. The highest BCUT2D eigenvalue weighted by molar-refractivity contribution is 5.77. The minimum absolute atomic E-state index is 0.00991. The highest BCUT2D eigenvalue weighted by Crippen LogP contribution is 2.38. The summed E-state index contributed by atoms with van der Waals surface area (Å²) in [5, 5.41) is 2.38. The van der Waals surface area contributed by atoms with Crippen LogP contribution in [0.4, 0.5) is 26.3 Å². The molecule has 0 aliphatic carbocycles. The molecule has 1 aromatic carbocycles. The molecule has 1 amide bonds. The number of rotatable bonds is 5. The van der Waals surface area contributed by atoms with Crippen LogP contribution in [0.3, 0.4) is 0 Å². The Hall–Kier alpha value is -1.93. The average molecular weight is 329 g/mol. The molecule has 22 heavy (non-hydrogen) atoms. The normalized spacial score (nSPS) is 12.1. The number of ether oxygens (including phenoxy) is 1. The van der Waals surface area contributed by atoms with Crippen LogP contribution in [0.5, 0.6) is 5.75 Å². The Labute approximate surface area is 122 Å². The molecule has 0 heterocycles. The fourth-order valence-electron chi connectivity index (χ4n) is 1.47. The molecule has 0 aliphatic heterocycles. The van der Waals surface area contributed by atoms with Crippen molar-refractivity contribution in [1.29, 1.82) is 0 Å². The fraction of sp³-hybridized carbons (Fsp3) is 0.462. The second kappa shape index (κ2) is 6.89. The van der Waals surface area contributed by atoms with Crippen molar-refractivity contribution < 1.29 is 35.9 Å². The van der Waals surface area contributed by atoms with E-state index >= 15 is 0 Å². The molecule has 1 aromatic rings. The fourth-order valence-corrected chi connectivity index (χ4v) is 1.47. The third-order valence-corrected chi connectivity index (χ3v) is 2.50. The van der Waals surface area contributed by atoms with Crippen molar-refractivity contribution in [2.24, 2.45) is 0 Å². The topological polar surface area (TPSA) is 38.3 Å². The van der Waals surface area contributed by atoms with Crippen molar-refractivity contribution in [3.8, 4) is 5.75 Å². The van der Waals surface area contributed by atoms with Gasteiger partial charge in [0.2, 0.25) is 0 Å². The van der Waals surface area contributed by atoms with Crippen LogP contribution in [-0.2, 0) is 17.1 Å². The van der Waals surface area contributed by atoms with Gasteiger partial charge in [-0.3, -0.25) is 4.79 Å². The van der Waals surface area contributed by atoms with E-state index < -0.39 is 41.7 Å². The van der Waals surface area contributed by atoms with Crippen molar-refractivity contribution in [1.82, 2.24) is 5.32 Å². The highest BCUT2D eigenvalue weighted by atomic mass is 19.4. The van der Waals surface area contributed by atoms with Crippen molar-refractivity contribution in [2.75, 3.05) is 13.2 Å². The molecular weight excluding hydrogens is 316 g/mol. The summed E-state index contributed by atoms with van der Waals surface area (Å²) in [5.41, 5.74) is -2.99. The van der Waals surface area contributed by atoms with Crippen LogP contribution in [0.1, 0.15) is 24.5 Å². The largest absolute Gasteiger partial charge is 0.484 e. The van der Waals surface area contributed by atoms with E-state index in [0.717, 1.165) is 0 Å². The maximum atomic E-state index is 12.6. The first kappa shape index (κ1) is 18.1. The standard InChI is InChI=1S/C13H13F6NO2/c1-2-3-20-11(21)7-22-10-5-8(12(14,15)16)4-9(6-10)13(17,18)19/h4-6H,2-3,7H2,1H3,(H,20,21). The lowest BCUT2D eigenvalue weighted by Crippen LogP contribution is -2.29.